The standard InChI is InChI=1S/C23H29FN8O/c1-14-9-17-18(28-14)5-6-19(23(17)24)33-13-27-22(32-8-7-26-12-16(32)3)11-20(25-4)29-21-10-15(2)30-31-21/h5-6,9-11,16,26,28H,4,7-8,12-13H2,1-3H3,(H2,29,30,31)/b20-11+,27-22+. The van der Waals surface area contributed by atoms with E-state index in [-0.39, 0.29) is 18.5 Å². The number of aryl methyl sites for hydroxylation is 2. The van der Waals surface area contributed by atoms with Crippen molar-refractivity contribution in [1.29, 1.82) is 0 Å². The van der Waals surface area contributed by atoms with E-state index >= 15 is 0 Å². The van der Waals surface area contributed by atoms with Crippen LogP contribution in [-0.2, 0) is 0 Å². The molecule has 1 aliphatic rings. The largest absolute Gasteiger partial charge is 0.468 e. The third-order valence-electron chi connectivity index (χ3n) is 5.48. The number of amidine groups is 1. The van der Waals surface area contributed by atoms with Gasteiger partial charge in [-0.25, -0.2) is 14.4 Å². The molecule has 3 heterocycles. The SMILES string of the molecule is C=N/C(=C\C(=N/COc1ccc2[nH]c(C)cc2c1F)N1CCNCC1C)Nc1cc(C)[nH]n1. The predicted molar refractivity (Wildman–Crippen MR) is 130 cm³/mol. The van der Waals surface area contributed by atoms with Gasteiger partial charge in [-0.15, -0.1) is 0 Å². The van der Waals surface area contributed by atoms with Crippen molar-refractivity contribution in [2.24, 2.45) is 9.98 Å². The summed E-state index contributed by atoms with van der Waals surface area (Å²) >= 11 is 0. The van der Waals surface area contributed by atoms with Crippen LogP contribution in [0.2, 0.25) is 0 Å². The molecule has 0 spiro atoms. The van der Waals surface area contributed by atoms with Crippen molar-refractivity contribution in [2.45, 2.75) is 26.8 Å². The monoisotopic (exact) mass is 452 g/mol. The number of hydrogen-bond donors (Lipinski definition) is 4. The first-order valence-electron chi connectivity index (χ1n) is 10.8. The number of benzene rings is 1. The lowest BCUT2D eigenvalue weighted by molar-refractivity contribution is 0.268. The summed E-state index contributed by atoms with van der Waals surface area (Å²) in [6.07, 6.45) is 1.80. The highest BCUT2D eigenvalue weighted by Gasteiger charge is 2.21. The van der Waals surface area contributed by atoms with Gasteiger partial charge in [0.1, 0.15) is 11.7 Å². The molecule has 0 amide bonds. The zero-order valence-corrected chi connectivity index (χ0v) is 19.1. The Balaban J connectivity index is 1.57. The topological polar surface area (TPSA) is 106 Å². The van der Waals surface area contributed by atoms with E-state index in [0.717, 1.165) is 36.5 Å². The number of piperazine rings is 1. The molecule has 1 atom stereocenters. The first-order chi connectivity index (χ1) is 15.9. The lowest BCUT2D eigenvalue weighted by Crippen LogP contribution is -2.52. The summed E-state index contributed by atoms with van der Waals surface area (Å²) in [5, 5.41) is 14.1. The number of H-pyrrole nitrogens is 2. The van der Waals surface area contributed by atoms with Crippen molar-refractivity contribution in [3.63, 3.8) is 0 Å². The molecule has 4 N–H and O–H groups in total. The van der Waals surface area contributed by atoms with E-state index in [4.69, 9.17) is 4.74 Å². The molecule has 1 aliphatic heterocycles. The van der Waals surface area contributed by atoms with Crippen molar-refractivity contribution in [2.75, 3.05) is 31.7 Å². The van der Waals surface area contributed by atoms with Gasteiger partial charge in [-0.1, -0.05) is 0 Å². The Morgan fingerprint density at radius 3 is 2.94 bits per heavy atom. The Bertz CT molecular complexity index is 1190. The van der Waals surface area contributed by atoms with Gasteiger partial charge in [0.25, 0.3) is 0 Å². The minimum Gasteiger partial charge on any atom is -0.468 e. The minimum atomic E-state index is -0.399. The minimum absolute atomic E-state index is 0.0414. The number of rotatable bonds is 7. The van der Waals surface area contributed by atoms with Crippen molar-refractivity contribution in [1.82, 2.24) is 25.4 Å². The van der Waals surface area contributed by atoms with E-state index in [9.17, 15) is 4.39 Å². The molecule has 0 aliphatic carbocycles. The maximum atomic E-state index is 14.9. The van der Waals surface area contributed by atoms with Crippen LogP contribution in [0, 0.1) is 19.7 Å². The van der Waals surface area contributed by atoms with Gasteiger partial charge in [-0.05, 0) is 45.7 Å². The van der Waals surface area contributed by atoms with Gasteiger partial charge < -0.3 is 25.3 Å². The van der Waals surface area contributed by atoms with Gasteiger partial charge in [0.2, 0.25) is 0 Å². The number of aromatic amines is 2. The number of aliphatic imine (C=N–C) groups is 2. The van der Waals surface area contributed by atoms with Crippen LogP contribution in [-0.4, -0.2) is 65.0 Å². The first-order valence-corrected chi connectivity index (χ1v) is 10.8. The third kappa shape index (κ3) is 5.23. The first kappa shape index (κ1) is 22.5. The molecule has 1 aromatic carbocycles. The summed E-state index contributed by atoms with van der Waals surface area (Å²) in [5.74, 6) is 1.57. The summed E-state index contributed by atoms with van der Waals surface area (Å²) in [7, 11) is 0. The number of nitrogens with zero attached hydrogens (tertiary/aromatic N) is 4. The summed E-state index contributed by atoms with van der Waals surface area (Å²) in [5.41, 5.74) is 2.55. The molecule has 174 valence electrons. The number of anilines is 1. The molecular weight excluding hydrogens is 423 g/mol. The smallest absolute Gasteiger partial charge is 0.181 e. The Labute approximate surface area is 191 Å². The van der Waals surface area contributed by atoms with Gasteiger partial charge in [-0.2, -0.15) is 5.10 Å². The zero-order chi connectivity index (χ0) is 23.4. The fraction of sp³-hybridized carbons (Fsp3) is 0.348. The summed E-state index contributed by atoms with van der Waals surface area (Å²) in [6, 6.07) is 7.27. The van der Waals surface area contributed by atoms with E-state index in [1.54, 1.807) is 24.3 Å². The molecule has 10 heteroatoms. The van der Waals surface area contributed by atoms with Crippen LogP contribution in [0.5, 0.6) is 5.75 Å². The summed E-state index contributed by atoms with van der Waals surface area (Å²) < 4.78 is 20.6. The molecule has 1 saturated heterocycles. The Hall–Kier alpha value is -3.66. The normalized spacial score (nSPS) is 17.5. The number of hydrogen-bond acceptors (Lipinski definition) is 6. The van der Waals surface area contributed by atoms with E-state index in [0.29, 0.717) is 22.9 Å². The quantitative estimate of drug-likeness (QED) is 0.325. The molecule has 0 radical (unpaired) electrons. The fourth-order valence-electron chi connectivity index (χ4n) is 3.83. The second-order valence-electron chi connectivity index (χ2n) is 8.08. The van der Waals surface area contributed by atoms with Crippen LogP contribution in [0.15, 0.2) is 46.1 Å². The van der Waals surface area contributed by atoms with Gasteiger partial charge in [0, 0.05) is 60.1 Å². The number of nitrogens with one attached hydrogen (secondary N) is 4. The maximum absolute atomic E-state index is 14.9. The number of aromatic nitrogens is 3. The summed E-state index contributed by atoms with van der Waals surface area (Å²) in [6.45, 7) is 12.0. The molecule has 1 unspecified atom stereocenters. The van der Waals surface area contributed by atoms with Crippen LogP contribution in [0.1, 0.15) is 18.3 Å². The van der Waals surface area contributed by atoms with E-state index in [1.807, 2.05) is 19.9 Å². The zero-order valence-electron chi connectivity index (χ0n) is 19.1. The molecule has 1 fully saturated rings. The second-order valence-corrected chi connectivity index (χ2v) is 8.08. The summed E-state index contributed by atoms with van der Waals surface area (Å²) in [4.78, 5) is 14.0. The van der Waals surface area contributed by atoms with Crippen LogP contribution in [0.25, 0.3) is 10.9 Å². The molecule has 4 rings (SSSR count). The van der Waals surface area contributed by atoms with Gasteiger partial charge >= 0.3 is 0 Å². The lowest BCUT2D eigenvalue weighted by Gasteiger charge is -2.35. The molecule has 0 bridgehead atoms. The fourth-order valence-corrected chi connectivity index (χ4v) is 3.83. The van der Waals surface area contributed by atoms with E-state index in [1.165, 1.54) is 0 Å². The number of ether oxygens (including phenoxy) is 1. The van der Waals surface area contributed by atoms with Gasteiger partial charge in [0.15, 0.2) is 24.1 Å². The third-order valence-corrected chi connectivity index (χ3v) is 5.48. The van der Waals surface area contributed by atoms with E-state index < -0.39 is 5.82 Å². The maximum Gasteiger partial charge on any atom is 0.181 e. The Kier molecular flexibility index (Phi) is 6.74. The molecule has 2 aromatic heterocycles. The predicted octanol–water partition coefficient (Wildman–Crippen LogP) is 3.33. The van der Waals surface area contributed by atoms with E-state index in [2.05, 4.69) is 54.3 Å². The molecule has 9 nitrogen and oxygen atoms in total. The van der Waals surface area contributed by atoms with Gasteiger partial charge in [-0.3, -0.25) is 5.10 Å². The Morgan fingerprint density at radius 1 is 1.36 bits per heavy atom. The van der Waals surface area contributed by atoms with Crippen LogP contribution in [0.4, 0.5) is 10.2 Å². The van der Waals surface area contributed by atoms with Crippen molar-refractivity contribution in [3.05, 3.63) is 53.4 Å². The number of halogens is 1. The van der Waals surface area contributed by atoms with Crippen molar-refractivity contribution >= 4 is 29.3 Å². The molecule has 33 heavy (non-hydrogen) atoms. The Morgan fingerprint density at radius 2 is 2.21 bits per heavy atom. The number of fused-ring (bicyclic) bond motifs is 1. The van der Waals surface area contributed by atoms with Crippen LogP contribution >= 0.6 is 0 Å². The van der Waals surface area contributed by atoms with Crippen molar-refractivity contribution in [3.8, 4) is 5.75 Å². The second kappa shape index (κ2) is 9.86. The lowest BCUT2D eigenvalue weighted by atomic mass is 10.2. The van der Waals surface area contributed by atoms with Crippen molar-refractivity contribution < 1.29 is 9.13 Å². The van der Waals surface area contributed by atoms with Crippen LogP contribution < -0.4 is 15.4 Å². The van der Waals surface area contributed by atoms with Crippen LogP contribution in [0.3, 0.4) is 0 Å². The molecular formula is C23H29FN8O. The van der Waals surface area contributed by atoms with Gasteiger partial charge in [0.05, 0.1) is 0 Å². The average molecular weight is 453 g/mol. The highest BCUT2D eigenvalue weighted by molar-refractivity contribution is 5.94. The molecule has 0 saturated carbocycles. The highest BCUT2D eigenvalue weighted by Crippen LogP contribution is 2.27. The molecule has 3 aromatic rings. The highest BCUT2D eigenvalue weighted by atomic mass is 19.1. The average Bonchev–Trinajstić information content (AvgIpc) is 3.39.